The van der Waals surface area contributed by atoms with Gasteiger partial charge in [0.05, 0.1) is 5.92 Å². The van der Waals surface area contributed by atoms with Gasteiger partial charge in [-0.05, 0) is 38.5 Å². The molecule has 0 heterocycles. The van der Waals surface area contributed by atoms with E-state index in [2.05, 4.69) is 0 Å². The van der Waals surface area contributed by atoms with Crippen LogP contribution in [0.2, 0.25) is 0 Å². The maximum atomic E-state index is 11.7. The molecule has 0 aromatic rings. The highest BCUT2D eigenvalue weighted by molar-refractivity contribution is 5.72. The third-order valence-electron chi connectivity index (χ3n) is 3.52. The van der Waals surface area contributed by atoms with Crippen LogP contribution < -0.4 is 0 Å². The minimum Gasteiger partial charge on any atom is -0.462 e. The molecule has 0 radical (unpaired) electrons. The van der Waals surface area contributed by atoms with E-state index in [1.165, 1.54) is 32.1 Å². The van der Waals surface area contributed by atoms with Crippen LogP contribution >= 0.6 is 0 Å². The quantitative estimate of drug-likeness (QED) is 0.634. The molecule has 2 aliphatic rings. The Morgan fingerprint density at radius 2 is 1.43 bits per heavy atom. The highest BCUT2D eigenvalue weighted by atomic mass is 16.5. The van der Waals surface area contributed by atoms with Crippen molar-refractivity contribution in [2.75, 3.05) is 0 Å². The van der Waals surface area contributed by atoms with Crippen LogP contribution in [0, 0.1) is 5.92 Å². The number of esters is 1. The van der Waals surface area contributed by atoms with Crippen molar-refractivity contribution in [3.63, 3.8) is 0 Å². The van der Waals surface area contributed by atoms with Crippen molar-refractivity contribution in [2.45, 2.75) is 63.9 Å². The van der Waals surface area contributed by atoms with Gasteiger partial charge in [-0.2, -0.15) is 0 Å². The lowest BCUT2D eigenvalue weighted by molar-refractivity contribution is -0.155. The first-order valence-corrected chi connectivity index (χ1v) is 6.07. The van der Waals surface area contributed by atoms with Crippen molar-refractivity contribution in [3.8, 4) is 0 Å². The Bertz CT molecular complexity index is 188. The van der Waals surface area contributed by atoms with E-state index >= 15 is 0 Å². The molecule has 0 bridgehead atoms. The topological polar surface area (TPSA) is 26.3 Å². The molecule has 0 aromatic heterocycles. The third kappa shape index (κ3) is 2.49. The van der Waals surface area contributed by atoms with E-state index in [1.807, 2.05) is 0 Å². The zero-order valence-corrected chi connectivity index (χ0v) is 8.84. The Balaban J connectivity index is 1.75. The molecule has 14 heavy (non-hydrogen) atoms. The average molecular weight is 196 g/mol. The van der Waals surface area contributed by atoms with Crippen LogP contribution in [0.1, 0.15) is 57.8 Å². The maximum Gasteiger partial charge on any atom is 0.309 e. The molecule has 0 amide bonds. The second kappa shape index (κ2) is 4.81. The van der Waals surface area contributed by atoms with Gasteiger partial charge in [-0.1, -0.05) is 19.3 Å². The van der Waals surface area contributed by atoms with E-state index in [1.54, 1.807) is 0 Å². The van der Waals surface area contributed by atoms with Gasteiger partial charge in [0.2, 0.25) is 0 Å². The van der Waals surface area contributed by atoms with E-state index in [4.69, 9.17) is 4.74 Å². The summed E-state index contributed by atoms with van der Waals surface area (Å²) in [5, 5.41) is 0. The molecular weight excluding hydrogens is 176 g/mol. The molecule has 0 saturated heterocycles. The van der Waals surface area contributed by atoms with Crippen molar-refractivity contribution in [1.82, 2.24) is 0 Å². The highest BCUT2D eigenvalue weighted by Gasteiger charge is 2.26. The Labute approximate surface area is 86.0 Å². The summed E-state index contributed by atoms with van der Waals surface area (Å²) in [6, 6.07) is 0. The van der Waals surface area contributed by atoms with E-state index in [0.717, 1.165) is 25.7 Å². The largest absolute Gasteiger partial charge is 0.462 e. The van der Waals surface area contributed by atoms with Crippen LogP contribution in [0.4, 0.5) is 0 Å². The summed E-state index contributed by atoms with van der Waals surface area (Å²) in [7, 11) is 0. The molecule has 2 heteroatoms. The average Bonchev–Trinajstić information content (AvgIpc) is 2.72. The fourth-order valence-electron chi connectivity index (χ4n) is 2.60. The van der Waals surface area contributed by atoms with Crippen molar-refractivity contribution < 1.29 is 9.53 Å². The number of rotatable bonds is 2. The minimum absolute atomic E-state index is 0.0920. The molecule has 0 unspecified atom stereocenters. The van der Waals surface area contributed by atoms with Gasteiger partial charge >= 0.3 is 5.97 Å². The molecule has 2 rings (SSSR count). The van der Waals surface area contributed by atoms with Crippen molar-refractivity contribution in [3.05, 3.63) is 0 Å². The Hall–Kier alpha value is -0.530. The second-order valence-corrected chi connectivity index (χ2v) is 4.68. The lowest BCUT2D eigenvalue weighted by Crippen LogP contribution is -2.24. The molecule has 2 nitrogen and oxygen atoms in total. The van der Waals surface area contributed by atoms with Crippen molar-refractivity contribution >= 4 is 5.97 Å². The maximum absolute atomic E-state index is 11.7. The van der Waals surface area contributed by atoms with E-state index in [-0.39, 0.29) is 18.0 Å². The van der Waals surface area contributed by atoms with Gasteiger partial charge in [0.25, 0.3) is 0 Å². The lowest BCUT2D eigenvalue weighted by atomic mass is 9.97. The second-order valence-electron chi connectivity index (χ2n) is 4.68. The van der Waals surface area contributed by atoms with Crippen LogP contribution in [0.25, 0.3) is 0 Å². The SMILES string of the molecule is O=C(OC1CCCCC1)C1CCCC1. The number of carbonyl (C=O) groups excluding carboxylic acids is 1. The van der Waals surface area contributed by atoms with Gasteiger partial charge in [0.15, 0.2) is 0 Å². The van der Waals surface area contributed by atoms with Crippen LogP contribution in [0.5, 0.6) is 0 Å². The van der Waals surface area contributed by atoms with E-state index in [0.29, 0.717) is 0 Å². The molecule has 0 N–H and O–H groups in total. The summed E-state index contributed by atoms with van der Waals surface area (Å²) in [5.41, 5.74) is 0. The summed E-state index contributed by atoms with van der Waals surface area (Å²) in [6.45, 7) is 0. The molecule has 0 spiro atoms. The fourth-order valence-corrected chi connectivity index (χ4v) is 2.60. The van der Waals surface area contributed by atoms with Crippen molar-refractivity contribution in [2.24, 2.45) is 5.92 Å². The number of hydrogen-bond donors (Lipinski definition) is 0. The van der Waals surface area contributed by atoms with E-state index in [9.17, 15) is 4.79 Å². The normalized spacial score (nSPS) is 25.1. The molecule has 2 fully saturated rings. The Kier molecular flexibility index (Phi) is 3.44. The summed E-state index contributed by atoms with van der Waals surface area (Å²) >= 11 is 0. The first-order valence-electron chi connectivity index (χ1n) is 6.07. The summed E-state index contributed by atoms with van der Waals surface area (Å²) < 4.78 is 5.54. The summed E-state index contributed by atoms with van der Waals surface area (Å²) in [5.74, 6) is 0.325. The van der Waals surface area contributed by atoms with Gasteiger partial charge in [0.1, 0.15) is 6.10 Å². The molecule has 0 aromatic carbocycles. The molecule has 2 saturated carbocycles. The molecule has 0 aliphatic heterocycles. The smallest absolute Gasteiger partial charge is 0.309 e. The van der Waals surface area contributed by atoms with E-state index < -0.39 is 0 Å². The molecule has 2 aliphatic carbocycles. The van der Waals surface area contributed by atoms with Gasteiger partial charge in [-0.3, -0.25) is 4.79 Å². The highest BCUT2D eigenvalue weighted by Crippen LogP contribution is 2.28. The van der Waals surface area contributed by atoms with Crippen molar-refractivity contribution in [1.29, 1.82) is 0 Å². The number of hydrogen-bond acceptors (Lipinski definition) is 2. The standard InChI is InChI=1S/C12H20O2/c13-12(10-6-4-5-7-10)14-11-8-2-1-3-9-11/h10-11H,1-9H2. The van der Waals surface area contributed by atoms with Crippen LogP contribution in [0.15, 0.2) is 0 Å². The molecular formula is C12H20O2. The zero-order valence-electron chi connectivity index (χ0n) is 8.84. The summed E-state index contributed by atoms with van der Waals surface area (Å²) in [6.07, 6.45) is 10.8. The monoisotopic (exact) mass is 196 g/mol. The van der Waals surface area contributed by atoms with Crippen LogP contribution in [-0.2, 0) is 9.53 Å². The third-order valence-corrected chi connectivity index (χ3v) is 3.52. The van der Waals surface area contributed by atoms with Gasteiger partial charge in [0, 0.05) is 0 Å². The first-order chi connectivity index (χ1) is 6.86. The Morgan fingerprint density at radius 3 is 2.07 bits per heavy atom. The Morgan fingerprint density at radius 1 is 0.857 bits per heavy atom. The zero-order chi connectivity index (χ0) is 9.80. The summed E-state index contributed by atoms with van der Waals surface area (Å²) in [4.78, 5) is 11.7. The van der Waals surface area contributed by atoms with Gasteiger partial charge in [-0.25, -0.2) is 0 Å². The number of carbonyl (C=O) groups is 1. The lowest BCUT2D eigenvalue weighted by Gasteiger charge is -2.23. The fraction of sp³-hybridized carbons (Fsp3) is 0.917. The van der Waals surface area contributed by atoms with Crippen LogP contribution in [0.3, 0.4) is 0 Å². The number of ether oxygens (including phenoxy) is 1. The van der Waals surface area contributed by atoms with Crippen LogP contribution in [-0.4, -0.2) is 12.1 Å². The predicted octanol–water partition coefficient (Wildman–Crippen LogP) is 3.05. The minimum atomic E-state index is 0.0920. The molecule has 80 valence electrons. The first kappa shape index (κ1) is 10.0. The predicted molar refractivity (Wildman–Crippen MR) is 54.9 cm³/mol. The molecule has 0 atom stereocenters. The van der Waals surface area contributed by atoms with Gasteiger partial charge < -0.3 is 4.74 Å². The van der Waals surface area contributed by atoms with Gasteiger partial charge in [-0.15, -0.1) is 0 Å².